The lowest BCUT2D eigenvalue weighted by atomic mass is 10.1. The van der Waals surface area contributed by atoms with Crippen LogP contribution in [0.25, 0.3) is 5.57 Å². The second-order valence-electron chi connectivity index (χ2n) is 7.92. The van der Waals surface area contributed by atoms with E-state index in [4.69, 9.17) is 11.6 Å². The van der Waals surface area contributed by atoms with Crippen molar-refractivity contribution in [2.75, 3.05) is 23.3 Å². The van der Waals surface area contributed by atoms with Crippen LogP contribution in [0.15, 0.2) is 71.7 Å². The summed E-state index contributed by atoms with van der Waals surface area (Å²) in [7, 11) is 0. The zero-order valence-electron chi connectivity index (χ0n) is 17.4. The lowest BCUT2D eigenvalue weighted by molar-refractivity contribution is -0.137. The molecule has 0 unspecified atom stereocenters. The smallest absolute Gasteiger partial charge is 0.278 e. The van der Waals surface area contributed by atoms with Crippen molar-refractivity contribution < 1.29 is 9.59 Å². The molecule has 32 heavy (non-hydrogen) atoms. The molecular formula is C25H22ClN3O2S. The largest absolute Gasteiger partial charge is 0.372 e. The van der Waals surface area contributed by atoms with Crippen molar-refractivity contribution in [3.05, 3.63) is 87.2 Å². The highest BCUT2D eigenvalue weighted by Crippen LogP contribution is 2.34. The van der Waals surface area contributed by atoms with Crippen LogP contribution in [0.3, 0.4) is 0 Å². The SMILES string of the molecule is O=C1C(Nc2ccc(N3CCCC3)cc2)=C(c2cccs2)C(=O)N1Cc1ccc(Cl)cc1. The Balaban J connectivity index is 1.43. The maximum Gasteiger partial charge on any atom is 0.278 e. The van der Waals surface area contributed by atoms with Gasteiger partial charge in [-0.05, 0) is 66.2 Å². The molecule has 3 aromatic rings. The number of halogens is 1. The van der Waals surface area contributed by atoms with E-state index in [-0.39, 0.29) is 18.4 Å². The summed E-state index contributed by atoms with van der Waals surface area (Å²) in [5.74, 6) is -0.611. The van der Waals surface area contributed by atoms with Crippen LogP contribution < -0.4 is 10.2 Å². The number of amides is 2. The summed E-state index contributed by atoms with van der Waals surface area (Å²) < 4.78 is 0. The number of nitrogens with zero attached hydrogens (tertiary/aromatic N) is 2. The van der Waals surface area contributed by atoms with Crippen LogP contribution in [-0.4, -0.2) is 29.8 Å². The van der Waals surface area contributed by atoms with Gasteiger partial charge in [0, 0.05) is 34.4 Å². The van der Waals surface area contributed by atoms with Gasteiger partial charge in [-0.25, -0.2) is 0 Å². The van der Waals surface area contributed by atoms with Gasteiger partial charge in [0.05, 0.1) is 12.1 Å². The van der Waals surface area contributed by atoms with Crippen molar-refractivity contribution in [2.45, 2.75) is 19.4 Å². The summed E-state index contributed by atoms with van der Waals surface area (Å²) >= 11 is 7.42. The van der Waals surface area contributed by atoms with E-state index >= 15 is 0 Å². The summed E-state index contributed by atoms with van der Waals surface area (Å²) in [4.78, 5) is 31.1. The van der Waals surface area contributed by atoms with E-state index in [0.717, 1.165) is 29.2 Å². The second-order valence-corrected chi connectivity index (χ2v) is 9.30. The summed E-state index contributed by atoms with van der Waals surface area (Å²) in [6.07, 6.45) is 2.44. The monoisotopic (exact) mass is 463 g/mol. The minimum atomic E-state index is -0.322. The Labute approximate surface area is 195 Å². The predicted octanol–water partition coefficient (Wildman–Crippen LogP) is 5.39. The Morgan fingerprint density at radius 1 is 0.906 bits per heavy atom. The molecule has 1 N–H and O–H groups in total. The first-order valence-electron chi connectivity index (χ1n) is 10.6. The topological polar surface area (TPSA) is 52.7 Å². The third kappa shape index (κ3) is 4.04. The van der Waals surface area contributed by atoms with Gasteiger partial charge in [0.2, 0.25) is 0 Å². The fourth-order valence-electron chi connectivity index (χ4n) is 4.13. The molecule has 1 saturated heterocycles. The second kappa shape index (κ2) is 8.81. The van der Waals surface area contributed by atoms with Gasteiger partial charge in [-0.2, -0.15) is 0 Å². The zero-order valence-corrected chi connectivity index (χ0v) is 19.0. The van der Waals surface area contributed by atoms with Gasteiger partial charge in [-0.3, -0.25) is 14.5 Å². The molecule has 3 heterocycles. The summed E-state index contributed by atoms with van der Waals surface area (Å²) in [6, 6.07) is 19.0. The Bertz CT molecular complexity index is 1160. The van der Waals surface area contributed by atoms with Crippen LogP contribution in [-0.2, 0) is 16.1 Å². The van der Waals surface area contributed by atoms with E-state index in [1.54, 1.807) is 12.1 Å². The molecule has 0 radical (unpaired) electrons. The van der Waals surface area contributed by atoms with Gasteiger partial charge in [-0.15, -0.1) is 11.3 Å². The highest BCUT2D eigenvalue weighted by atomic mass is 35.5. The first-order valence-corrected chi connectivity index (χ1v) is 11.9. The van der Waals surface area contributed by atoms with Crippen molar-refractivity contribution in [1.29, 1.82) is 0 Å². The number of benzene rings is 2. The van der Waals surface area contributed by atoms with E-state index in [1.165, 1.54) is 34.8 Å². The molecule has 1 aromatic heterocycles. The maximum atomic E-state index is 13.3. The van der Waals surface area contributed by atoms with Crippen LogP contribution in [0.5, 0.6) is 0 Å². The molecule has 2 amide bonds. The van der Waals surface area contributed by atoms with Gasteiger partial charge in [0.1, 0.15) is 5.70 Å². The number of nitrogens with one attached hydrogen (secondary N) is 1. The van der Waals surface area contributed by atoms with Gasteiger partial charge >= 0.3 is 0 Å². The lowest BCUT2D eigenvalue weighted by Crippen LogP contribution is -2.31. The van der Waals surface area contributed by atoms with Crippen molar-refractivity contribution >= 4 is 51.7 Å². The Morgan fingerprint density at radius 3 is 2.28 bits per heavy atom. The number of carbonyl (C=O) groups is 2. The number of imide groups is 1. The van der Waals surface area contributed by atoms with E-state index < -0.39 is 0 Å². The van der Waals surface area contributed by atoms with Crippen LogP contribution in [0.4, 0.5) is 11.4 Å². The van der Waals surface area contributed by atoms with Gasteiger partial charge in [-0.1, -0.05) is 29.8 Å². The van der Waals surface area contributed by atoms with E-state index in [0.29, 0.717) is 16.3 Å². The molecule has 0 bridgehead atoms. The van der Waals surface area contributed by atoms with Crippen molar-refractivity contribution in [3.8, 4) is 0 Å². The number of hydrogen-bond acceptors (Lipinski definition) is 5. The normalized spacial score (nSPS) is 16.4. The van der Waals surface area contributed by atoms with Gasteiger partial charge in [0.15, 0.2) is 0 Å². The van der Waals surface area contributed by atoms with Crippen LogP contribution in [0, 0.1) is 0 Å². The molecule has 2 aromatic carbocycles. The van der Waals surface area contributed by atoms with E-state index in [1.807, 2.05) is 41.8 Å². The highest BCUT2D eigenvalue weighted by Gasteiger charge is 2.39. The van der Waals surface area contributed by atoms with Gasteiger partial charge in [0.25, 0.3) is 11.8 Å². The number of carbonyl (C=O) groups excluding carboxylic acids is 2. The molecule has 0 atom stereocenters. The molecule has 0 aliphatic carbocycles. The Kier molecular flexibility index (Phi) is 5.72. The quantitative estimate of drug-likeness (QED) is 0.498. The lowest BCUT2D eigenvalue weighted by Gasteiger charge is -2.18. The number of hydrogen-bond donors (Lipinski definition) is 1. The maximum absolute atomic E-state index is 13.3. The van der Waals surface area contributed by atoms with Crippen LogP contribution in [0.1, 0.15) is 23.3 Å². The first-order chi connectivity index (χ1) is 15.6. The molecule has 1 fully saturated rings. The molecule has 7 heteroatoms. The molecule has 0 saturated carbocycles. The number of rotatable bonds is 6. The molecule has 162 valence electrons. The summed E-state index contributed by atoms with van der Waals surface area (Å²) in [6.45, 7) is 2.35. The average molecular weight is 464 g/mol. The fourth-order valence-corrected chi connectivity index (χ4v) is 5.03. The predicted molar refractivity (Wildman–Crippen MR) is 130 cm³/mol. The average Bonchev–Trinajstić information content (AvgIpc) is 3.56. The summed E-state index contributed by atoms with van der Waals surface area (Å²) in [5, 5.41) is 5.76. The molecule has 2 aliphatic heterocycles. The number of anilines is 2. The Hall–Kier alpha value is -3.09. The minimum absolute atomic E-state index is 0.197. The molecular weight excluding hydrogens is 442 g/mol. The van der Waals surface area contributed by atoms with E-state index in [9.17, 15) is 9.59 Å². The van der Waals surface area contributed by atoms with Crippen molar-refractivity contribution in [1.82, 2.24) is 4.90 Å². The molecule has 2 aliphatic rings. The first kappa shape index (κ1) is 20.8. The molecule has 5 rings (SSSR count). The molecule has 0 spiro atoms. The zero-order chi connectivity index (χ0) is 22.1. The van der Waals surface area contributed by atoms with Crippen molar-refractivity contribution in [3.63, 3.8) is 0 Å². The van der Waals surface area contributed by atoms with Crippen LogP contribution >= 0.6 is 22.9 Å². The van der Waals surface area contributed by atoms with Crippen molar-refractivity contribution in [2.24, 2.45) is 0 Å². The van der Waals surface area contributed by atoms with Crippen LogP contribution in [0.2, 0.25) is 5.02 Å². The third-order valence-corrected chi connectivity index (χ3v) is 6.94. The Morgan fingerprint density at radius 2 is 1.62 bits per heavy atom. The standard InChI is InChI=1S/C25H22ClN3O2S/c26-18-7-5-17(6-8-18)16-29-24(30)22(21-4-3-15-32-21)23(25(29)31)27-19-9-11-20(12-10-19)28-13-1-2-14-28/h3-12,15,27H,1-2,13-14,16H2. The fraction of sp³-hybridized carbons (Fsp3) is 0.200. The summed E-state index contributed by atoms with van der Waals surface area (Å²) in [5.41, 5.74) is 3.55. The molecule has 5 nitrogen and oxygen atoms in total. The number of thiophene rings is 1. The van der Waals surface area contributed by atoms with Gasteiger partial charge < -0.3 is 10.2 Å². The highest BCUT2D eigenvalue weighted by molar-refractivity contribution is 7.11. The van der Waals surface area contributed by atoms with E-state index in [2.05, 4.69) is 22.3 Å². The minimum Gasteiger partial charge on any atom is -0.372 e. The third-order valence-electron chi connectivity index (χ3n) is 5.80.